The molecule has 1 N–H and O–H groups in total. The van der Waals surface area contributed by atoms with Gasteiger partial charge >= 0.3 is 0 Å². The molecule has 6 heteroatoms. The highest BCUT2D eigenvalue weighted by molar-refractivity contribution is 14.1. The molecule has 102 valence electrons. The molecule has 0 aliphatic carbocycles. The monoisotopic (exact) mass is 497 g/mol. The van der Waals surface area contributed by atoms with Crippen LogP contribution >= 0.6 is 54.5 Å². The number of aromatic nitrogens is 2. The highest BCUT2D eigenvalue weighted by Crippen LogP contribution is 2.33. The molecule has 0 fully saturated rings. The van der Waals surface area contributed by atoms with Crippen LogP contribution in [0, 0.1) is 3.57 Å². The summed E-state index contributed by atoms with van der Waals surface area (Å²) < 4.78 is 5.25. The van der Waals surface area contributed by atoms with Crippen molar-refractivity contribution in [2.24, 2.45) is 7.05 Å². The van der Waals surface area contributed by atoms with Gasteiger partial charge in [-0.3, -0.25) is 4.68 Å². The zero-order valence-electron chi connectivity index (χ0n) is 10.6. The average Bonchev–Trinajstić information content (AvgIpc) is 2.70. The molecular formula is C13H14Br2IN3. The number of halogens is 3. The van der Waals surface area contributed by atoms with Gasteiger partial charge in [-0.2, -0.15) is 5.10 Å². The van der Waals surface area contributed by atoms with Crippen molar-refractivity contribution in [1.82, 2.24) is 15.1 Å². The van der Waals surface area contributed by atoms with Crippen LogP contribution in [-0.4, -0.2) is 16.3 Å². The van der Waals surface area contributed by atoms with Gasteiger partial charge in [-0.15, -0.1) is 0 Å². The molecule has 0 amide bonds. The number of nitrogens with zero attached hydrogens (tertiary/aromatic N) is 2. The molecular weight excluding hydrogens is 485 g/mol. The van der Waals surface area contributed by atoms with Crippen LogP contribution < -0.4 is 5.32 Å². The summed E-state index contributed by atoms with van der Waals surface area (Å²) in [6.45, 7) is 3.00. The Hall–Kier alpha value is 0.0800. The smallest absolute Gasteiger partial charge is 0.0770 e. The van der Waals surface area contributed by atoms with Crippen LogP contribution in [0.15, 0.2) is 33.3 Å². The molecule has 0 saturated carbocycles. The minimum absolute atomic E-state index is 0.107. The molecule has 2 rings (SSSR count). The third kappa shape index (κ3) is 3.40. The maximum Gasteiger partial charge on any atom is 0.0770 e. The Labute approximate surface area is 143 Å². The molecule has 0 radical (unpaired) electrons. The number of benzene rings is 1. The Morgan fingerprint density at radius 2 is 2.11 bits per heavy atom. The summed E-state index contributed by atoms with van der Waals surface area (Å²) in [6.07, 6.45) is 1.83. The van der Waals surface area contributed by atoms with Gasteiger partial charge in [-0.25, -0.2) is 0 Å². The number of hydrogen-bond donors (Lipinski definition) is 1. The summed E-state index contributed by atoms with van der Waals surface area (Å²) in [5, 5.41) is 7.84. The maximum atomic E-state index is 4.31. The third-order valence-corrected chi connectivity index (χ3v) is 4.89. The number of rotatable bonds is 4. The summed E-state index contributed by atoms with van der Waals surface area (Å²) in [7, 11) is 1.96. The highest BCUT2D eigenvalue weighted by atomic mass is 127. The second-order valence-electron chi connectivity index (χ2n) is 4.16. The van der Waals surface area contributed by atoms with Crippen molar-refractivity contribution in [1.29, 1.82) is 0 Å². The van der Waals surface area contributed by atoms with E-state index in [1.165, 1.54) is 9.13 Å². The Morgan fingerprint density at radius 3 is 2.68 bits per heavy atom. The van der Waals surface area contributed by atoms with Crippen molar-refractivity contribution in [3.05, 3.63) is 48.2 Å². The summed E-state index contributed by atoms with van der Waals surface area (Å²) >= 11 is 9.57. The van der Waals surface area contributed by atoms with Gasteiger partial charge in [0, 0.05) is 15.1 Å². The van der Waals surface area contributed by atoms with E-state index in [0.29, 0.717) is 0 Å². The molecule has 0 saturated heterocycles. The summed E-state index contributed by atoms with van der Waals surface area (Å²) in [6, 6.07) is 6.48. The molecule has 1 atom stereocenters. The standard InChI is InChI=1S/C13H14Br2IN3/c1-3-17-12(13-11(15)7-18-19(13)2)9-6-8(16)4-5-10(9)14/h4-7,12,17H,3H2,1-2H3. The predicted octanol–water partition coefficient (Wildman–Crippen LogP) is 4.25. The first-order valence-corrected chi connectivity index (χ1v) is 8.56. The van der Waals surface area contributed by atoms with Gasteiger partial charge in [0.1, 0.15) is 0 Å². The lowest BCUT2D eigenvalue weighted by molar-refractivity contribution is 0.569. The first kappa shape index (κ1) is 15.5. The Balaban J connectivity index is 2.54. The van der Waals surface area contributed by atoms with E-state index >= 15 is 0 Å². The van der Waals surface area contributed by atoms with E-state index in [1.807, 2.05) is 17.9 Å². The molecule has 1 unspecified atom stereocenters. The summed E-state index contributed by atoms with van der Waals surface area (Å²) in [4.78, 5) is 0. The fraction of sp³-hybridized carbons (Fsp3) is 0.308. The van der Waals surface area contributed by atoms with Crippen molar-refractivity contribution >= 4 is 54.5 Å². The second-order valence-corrected chi connectivity index (χ2v) is 7.11. The van der Waals surface area contributed by atoms with Crippen LogP contribution in [0.5, 0.6) is 0 Å². The zero-order valence-corrected chi connectivity index (χ0v) is 16.0. The molecule has 2 aromatic rings. The van der Waals surface area contributed by atoms with Crippen molar-refractivity contribution in [3.63, 3.8) is 0 Å². The lowest BCUT2D eigenvalue weighted by Crippen LogP contribution is -2.25. The first-order chi connectivity index (χ1) is 9.04. The van der Waals surface area contributed by atoms with Gasteiger partial charge in [-0.1, -0.05) is 22.9 Å². The average molecular weight is 499 g/mol. The lowest BCUT2D eigenvalue weighted by atomic mass is 10.0. The largest absolute Gasteiger partial charge is 0.305 e. The van der Waals surface area contributed by atoms with Gasteiger partial charge in [0.15, 0.2) is 0 Å². The molecule has 0 bridgehead atoms. The van der Waals surface area contributed by atoms with Gasteiger partial charge in [0.05, 0.1) is 22.4 Å². The van der Waals surface area contributed by atoms with E-state index in [0.717, 1.165) is 21.2 Å². The van der Waals surface area contributed by atoms with Crippen LogP contribution in [0.4, 0.5) is 0 Å². The molecule has 19 heavy (non-hydrogen) atoms. The predicted molar refractivity (Wildman–Crippen MR) is 93.3 cm³/mol. The fourth-order valence-corrected chi connectivity index (χ4v) is 3.61. The molecule has 1 heterocycles. The van der Waals surface area contributed by atoms with Crippen LogP contribution in [0.3, 0.4) is 0 Å². The second kappa shape index (κ2) is 6.69. The van der Waals surface area contributed by atoms with E-state index in [4.69, 9.17) is 0 Å². The Morgan fingerprint density at radius 1 is 1.37 bits per heavy atom. The normalized spacial score (nSPS) is 12.7. The van der Waals surface area contributed by atoms with Crippen molar-refractivity contribution in [2.45, 2.75) is 13.0 Å². The molecule has 1 aromatic heterocycles. The maximum absolute atomic E-state index is 4.31. The van der Waals surface area contributed by atoms with Crippen LogP contribution in [0.2, 0.25) is 0 Å². The summed E-state index contributed by atoms with van der Waals surface area (Å²) in [5.41, 5.74) is 2.35. The molecule has 0 aliphatic rings. The quantitative estimate of drug-likeness (QED) is 0.639. The van der Waals surface area contributed by atoms with Crippen LogP contribution in [-0.2, 0) is 7.05 Å². The van der Waals surface area contributed by atoms with Gasteiger partial charge in [0.2, 0.25) is 0 Å². The van der Waals surface area contributed by atoms with E-state index < -0.39 is 0 Å². The first-order valence-electron chi connectivity index (χ1n) is 5.90. The minimum atomic E-state index is 0.107. The highest BCUT2D eigenvalue weighted by Gasteiger charge is 2.22. The minimum Gasteiger partial charge on any atom is -0.305 e. The van der Waals surface area contributed by atoms with E-state index in [1.54, 1.807) is 0 Å². The number of aryl methyl sites for hydroxylation is 1. The molecule has 0 spiro atoms. The zero-order chi connectivity index (χ0) is 14.0. The van der Waals surface area contributed by atoms with Crippen molar-refractivity contribution < 1.29 is 0 Å². The van der Waals surface area contributed by atoms with Crippen LogP contribution in [0.25, 0.3) is 0 Å². The lowest BCUT2D eigenvalue weighted by Gasteiger charge is -2.21. The molecule has 3 nitrogen and oxygen atoms in total. The topological polar surface area (TPSA) is 29.9 Å². The van der Waals surface area contributed by atoms with Crippen molar-refractivity contribution in [3.8, 4) is 0 Å². The van der Waals surface area contributed by atoms with E-state index in [2.05, 4.69) is 90.0 Å². The van der Waals surface area contributed by atoms with Gasteiger partial charge in [0.25, 0.3) is 0 Å². The fourth-order valence-electron chi connectivity index (χ4n) is 2.04. The number of nitrogens with one attached hydrogen (secondary N) is 1. The number of hydrogen-bond acceptors (Lipinski definition) is 2. The Kier molecular flexibility index (Phi) is 5.45. The SMILES string of the molecule is CCNC(c1cc(I)ccc1Br)c1c(Br)cnn1C. The van der Waals surface area contributed by atoms with E-state index in [-0.39, 0.29) is 6.04 Å². The van der Waals surface area contributed by atoms with Crippen molar-refractivity contribution in [2.75, 3.05) is 6.54 Å². The molecule has 0 aliphatic heterocycles. The Bertz CT molecular complexity index is 564. The third-order valence-electron chi connectivity index (χ3n) is 2.89. The van der Waals surface area contributed by atoms with Crippen LogP contribution in [0.1, 0.15) is 24.2 Å². The van der Waals surface area contributed by atoms with E-state index in [9.17, 15) is 0 Å². The molecule has 1 aromatic carbocycles. The summed E-state index contributed by atoms with van der Waals surface area (Å²) in [5.74, 6) is 0. The van der Waals surface area contributed by atoms with Gasteiger partial charge < -0.3 is 5.32 Å². The van der Waals surface area contributed by atoms with Gasteiger partial charge in [-0.05, 0) is 68.8 Å².